The zero-order valence-corrected chi connectivity index (χ0v) is 21.5. The molecule has 0 radical (unpaired) electrons. The molecular weight excluding hydrogens is 474 g/mol. The predicted octanol–water partition coefficient (Wildman–Crippen LogP) is 4.86. The van der Waals surface area contributed by atoms with Crippen LogP contribution < -0.4 is 23.7 Å². The minimum atomic E-state index is -0.577. The van der Waals surface area contributed by atoms with E-state index in [-0.39, 0.29) is 12.8 Å². The van der Waals surface area contributed by atoms with E-state index in [4.69, 9.17) is 28.4 Å². The summed E-state index contributed by atoms with van der Waals surface area (Å²) in [5.74, 6) is 2.31. The van der Waals surface area contributed by atoms with E-state index in [9.17, 15) is 4.79 Å². The van der Waals surface area contributed by atoms with Crippen molar-refractivity contribution >= 4 is 5.97 Å². The Morgan fingerprint density at radius 2 is 1.62 bits per heavy atom. The number of cyclic esters (lactones) is 1. The van der Waals surface area contributed by atoms with Gasteiger partial charge in [0.15, 0.2) is 23.0 Å². The van der Waals surface area contributed by atoms with Gasteiger partial charge in [-0.3, -0.25) is 4.90 Å². The number of carbonyl (C=O) groups excluding carboxylic acids is 1. The lowest BCUT2D eigenvalue weighted by Gasteiger charge is -2.39. The number of hydrogen-bond donors (Lipinski definition) is 0. The first-order valence-electron chi connectivity index (χ1n) is 12.2. The molecule has 2 atom stereocenters. The molecule has 0 aliphatic carbocycles. The van der Waals surface area contributed by atoms with Crippen molar-refractivity contribution in [1.82, 2.24) is 4.90 Å². The maximum Gasteiger partial charge on any atom is 0.343 e. The minimum absolute atomic E-state index is 0.117. The molecule has 0 saturated heterocycles. The van der Waals surface area contributed by atoms with E-state index in [2.05, 4.69) is 36.1 Å². The number of hydrogen-bond acceptors (Lipinski definition) is 8. The molecule has 0 N–H and O–H groups in total. The Labute approximate surface area is 215 Å². The average molecular weight is 504 g/mol. The first-order chi connectivity index (χ1) is 18.0. The first kappa shape index (κ1) is 23.5. The van der Waals surface area contributed by atoms with Gasteiger partial charge in [-0.25, -0.2) is 4.79 Å². The van der Waals surface area contributed by atoms with Crippen molar-refractivity contribution in [2.75, 3.05) is 41.7 Å². The molecule has 192 valence electrons. The standard InChI is InChI=1S/C29H29NO7/c1-15-6-8-16(9-7-15)20-17-12-13-30(2)23(21(17)26(34-5)28-27(20)35-14-36-28)24-18-10-11-19(32-3)25(33-4)22(18)29(31)37-24/h6-11,23-24H,12-14H2,1-5H3/t23-,24?/m1/s1. The van der Waals surface area contributed by atoms with Crippen molar-refractivity contribution in [1.29, 1.82) is 0 Å². The molecule has 0 saturated carbocycles. The maximum absolute atomic E-state index is 13.2. The summed E-state index contributed by atoms with van der Waals surface area (Å²) in [7, 11) is 6.75. The lowest BCUT2D eigenvalue weighted by Crippen LogP contribution is -2.36. The fourth-order valence-corrected chi connectivity index (χ4v) is 5.86. The van der Waals surface area contributed by atoms with E-state index in [1.54, 1.807) is 14.2 Å². The smallest absolute Gasteiger partial charge is 0.343 e. The van der Waals surface area contributed by atoms with Crippen molar-refractivity contribution < 1.29 is 33.2 Å². The van der Waals surface area contributed by atoms with E-state index in [0.717, 1.165) is 40.8 Å². The largest absolute Gasteiger partial charge is 0.493 e. The Morgan fingerprint density at radius 3 is 2.32 bits per heavy atom. The molecule has 0 amide bonds. The Hall–Kier alpha value is -3.91. The molecule has 1 unspecified atom stereocenters. The SMILES string of the molecule is COc1ccc2c(c1OC)C(=O)OC2[C@H]1c2c(c(-c3ccc(C)cc3)c3c(c2OC)OCO3)CCN1C. The van der Waals surface area contributed by atoms with Crippen LogP contribution in [0.15, 0.2) is 36.4 Å². The van der Waals surface area contributed by atoms with Gasteiger partial charge in [0.1, 0.15) is 11.7 Å². The van der Waals surface area contributed by atoms with Gasteiger partial charge in [0.05, 0.1) is 27.4 Å². The number of methoxy groups -OCH3 is 3. The Morgan fingerprint density at radius 1 is 0.892 bits per heavy atom. The summed E-state index contributed by atoms with van der Waals surface area (Å²) >= 11 is 0. The molecule has 0 spiro atoms. The molecule has 3 aromatic rings. The van der Waals surface area contributed by atoms with E-state index in [0.29, 0.717) is 34.3 Å². The van der Waals surface area contributed by atoms with Crippen LogP contribution >= 0.6 is 0 Å². The summed E-state index contributed by atoms with van der Waals surface area (Å²) in [5.41, 5.74) is 6.42. The molecule has 0 fully saturated rings. The zero-order valence-electron chi connectivity index (χ0n) is 21.5. The molecule has 6 rings (SSSR count). The molecule has 0 bridgehead atoms. The van der Waals surface area contributed by atoms with Crippen LogP contribution in [0.1, 0.15) is 44.8 Å². The third kappa shape index (κ3) is 3.43. The predicted molar refractivity (Wildman–Crippen MR) is 136 cm³/mol. The lowest BCUT2D eigenvalue weighted by molar-refractivity contribution is 0.00877. The number of nitrogens with zero attached hydrogens (tertiary/aromatic N) is 1. The molecule has 3 aliphatic rings. The van der Waals surface area contributed by atoms with E-state index >= 15 is 0 Å². The second-order valence-electron chi connectivity index (χ2n) is 9.50. The van der Waals surface area contributed by atoms with Crippen LogP contribution in [0.3, 0.4) is 0 Å². The normalized spacial score (nSPS) is 19.8. The summed E-state index contributed by atoms with van der Waals surface area (Å²) in [5, 5.41) is 0. The van der Waals surface area contributed by atoms with Crippen molar-refractivity contribution in [2.24, 2.45) is 0 Å². The van der Waals surface area contributed by atoms with E-state index < -0.39 is 12.1 Å². The highest BCUT2D eigenvalue weighted by Crippen LogP contribution is 2.58. The van der Waals surface area contributed by atoms with E-state index in [1.807, 2.05) is 19.2 Å². The molecule has 3 aromatic carbocycles. The van der Waals surface area contributed by atoms with Crippen LogP contribution in [0.5, 0.6) is 28.7 Å². The fourth-order valence-electron chi connectivity index (χ4n) is 5.86. The zero-order chi connectivity index (χ0) is 25.8. The van der Waals surface area contributed by atoms with E-state index in [1.165, 1.54) is 12.7 Å². The van der Waals surface area contributed by atoms with Gasteiger partial charge in [0.2, 0.25) is 12.5 Å². The number of benzene rings is 3. The number of rotatable bonds is 5. The Bertz CT molecular complexity index is 1400. The van der Waals surface area contributed by atoms with Gasteiger partial charge in [-0.1, -0.05) is 35.9 Å². The van der Waals surface area contributed by atoms with Crippen LogP contribution in [0.4, 0.5) is 0 Å². The van der Waals surface area contributed by atoms with Crippen LogP contribution in [0.25, 0.3) is 11.1 Å². The fraction of sp³-hybridized carbons (Fsp3) is 0.345. The summed E-state index contributed by atoms with van der Waals surface area (Å²) in [6.45, 7) is 2.94. The third-order valence-electron chi connectivity index (χ3n) is 7.56. The Kier molecular flexibility index (Phi) is 5.64. The highest BCUT2D eigenvalue weighted by atomic mass is 16.7. The molecule has 37 heavy (non-hydrogen) atoms. The van der Waals surface area contributed by atoms with Gasteiger partial charge in [0, 0.05) is 23.2 Å². The number of esters is 1. The quantitative estimate of drug-likeness (QED) is 0.457. The summed E-state index contributed by atoms with van der Waals surface area (Å²) in [4.78, 5) is 15.4. The van der Waals surface area contributed by atoms with Gasteiger partial charge in [-0.15, -0.1) is 0 Å². The van der Waals surface area contributed by atoms with Gasteiger partial charge in [-0.05, 0) is 37.6 Å². The highest BCUT2D eigenvalue weighted by molar-refractivity contribution is 5.98. The van der Waals surface area contributed by atoms with Crippen molar-refractivity contribution in [3.63, 3.8) is 0 Å². The molecular formula is C29H29NO7. The van der Waals surface area contributed by atoms with Crippen molar-refractivity contribution in [3.05, 3.63) is 64.2 Å². The third-order valence-corrected chi connectivity index (χ3v) is 7.56. The van der Waals surface area contributed by atoms with Crippen LogP contribution in [-0.4, -0.2) is 52.6 Å². The highest BCUT2D eigenvalue weighted by Gasteiger charge is 2.47. The first-order valence-corrected chi connectivity index (χ1v) is 12.2. The molecule has 0 aromatic heterocycles. The molecule has 8 heteroatoms. The van der Waals surface area contributed by atoms with Gasteiger partial charge >= 0.3 is 5.97 Å². The number of carbonyl (C=O) groups is 1. The van der Waals surface area contributed by atoms with Gasteiger partial charge < -0.3 is 28.4 Å². The summed E-state index contributed by atoms with van der Waals surface area (Å²) < 4.78 is 35.0. The Balaban J connectivity index is 1.59. The number of fused-ring (bicyclic) bond motifs is 3. The maximum atomic E-state index is 13.2. The number of likely N-dealkylation sites (N-methyl/N-ethyl adjacent to an activating group) is 1. The minimum Gasteiger partial charge on any atom is -0.493 e. The van der Waals surface area contributed by atoms with Crippen molar-refractivity contribution in [2.45, 2.75) is 25.5 Å². The van der Waals surface area contributed by atoms with Crippen LogP contribution in [-0.2, 0) is 11.2 Å². The average Bonchev–Trinajstić information content (AvgIpc) is 3.52. The van der Waals surface area contributed by atoms with Crippen LogP contribution in [0.2, 0.25) is 0 Å². The number of aryl methyl sites for hydroxylation is 1. The van der Waals surface area contributed by atoms with Gasteiger partial charge in [-0.2, -0.15) is 0 Å². The summed E-state index contributed by atoms with van der Waals surface area (Å²) in [6, 6.07) is 11.8. The summed E-state index contributed by atoms with van der Waals surface area (Å²) in [6.07, 6.45) is 0.198. The lowest BCUT2D eigenvalue weighted by atomic mass is 9.81. The molecule has 8 nitrogen and oxygen atoms in total. The number of ether oxygens (including phenoxy) is 6. The molecule has 3 aliphatic heterocycles. The second-order valence-corrected chi connectivity index (χ2v) is 9.50. The topological polar surface area (TPSA) is 75.7 Å². The van der Waals surface area contributed by atoms with Gasteiger partial charge in [0.25, 0.3) is 0 Å². The second kappa shape index (κ2) is 8.88. The van der Waals surface area contributed by atoms with Crippen molar-refractivity contribution in [3.8, 4) is 39.9 Å². The monoisotopic (exact) mass is 503 g/mol. The molecule has 3 heterocycles. The van der Waals surface area contributed by atoms with Crippen LogP contribution in [0, 0.1) is 6.92 Å².